The lowest BCUT2D eigenvalue weighted by atomic mass is 10.0. The number of sulfone groups is 1. The molecular formula is C40H26O10S. The van der Waals surface area contributed by atoms with Gasteiger partial charge in [-0.15, -0.1) is 0 Å². The van der Waals surface area contributed by atoms with E-state index in [4.69, 9.17) is 19.7 Å². The predicted octanol–water partition coefficient (Wildman–Crippen LogP) is 7.96. The fourth-order valence-corrected chi connectivity index (χ4v) is 6.31. The number of benzene rings is 6. The van der Waals surface area contributed by atoms with Crippen molar-refractivity contribution in [3.63, 3.8) is 0 Å². The minimum absolute atomic E-state index is 0.0325. The third-order valence-corrected chi connectivity index (χ3v) is 9.51. The van der Waals surface area contributed by atoms with E-state index in [9.17, 15) is 27.6 Å². The minimum atomic E-state index is -3.97. The number of aromatic carboxylic acids is 2. The summed E-state index contributed by atoms with van der Waals surface area (Å²) in [5.41, 5.74) is 1.36. The van der Waals surface area contributed by atoms with Gasteiger partial charge in [-0.25, -0.2) is 18.0 Å². The molecule has 0 amide bonds. The van der Waals surface area contributed by atoms with Crippen molar-refractivity contribution in [1.29, 1.82) is 0 Å². The molecule has 6 aromatic rings. The number of ether oxygens (including phenoxy) is 2. The predicted molar refractivity (Wildman–Crippen MR) is 185 cm³/mol. The monoisotopic (exact) mass is 698 g/mol. The molecule has 0 saturated heterocycles. The van der Waals surface area contributed by atoms with Gasteiger partial charge < -0.3 is 19.7 Å². The summed E-state index contributed by atoms with van der Waals surface area (Å²) in [6.45, 7) is 0. The Hall–Kier alpha value is -6.85. The van der Waals surface area contributed by atoms with E-state index >= 15 is 0 Å². The van der Waals surface area contributed by atoms with Gasteiger partial charge in [-0.1, -0.05) is 12.1 Å². The van der Waals surface area contributed by atoms with Crippen LogP contribution < -0.4 is 9.47 Å². The summed E-state index contributed by atoms with van der Waals surface area (Å²) in [6.07, 6.45) is 0. The normalized spacial score (nSPS) is 11.0. The van der Waals surface area contributed by atoms with Crippen LogP contribution in [0.5, 0.6) is 23.0 Å². The first kappa shape index (κ1) is 34.0. The molecule has 0 unspecified atom stereocenters. The van der Waals surface area contributed by atoms with Gasteiger partial charge in [0.05, 0.1) is 20.9 Å². The lowest BCUT2D eigenvalue weighted by Gasteiger charge is -2.09. The molecule has 10 nitrogen and oxygen atoms in total. The van der Waals surface area contributed by atoms with Gasteiger partial charge in [0.1, 0.15) is 23.0 Å². The molecule has 0 aromatic heterocycles. The first-order valence-electron chi connectivity index (χ1n) is 15.2. The first-order chi connectivity index (χ1) is 24.5. The molecule has 0 aliphatic rings. The van der Waals surface area contributed by atoms with Gasteiger partial charge in [-0.2, -0.15) is 0 Å². The zero-order valence-electron chi connectivity index (χ0n) is 26.4. The highest BCUT2D eigenvalue weighted by molar-refractivity contribution is 7.91. The topological polar surface area (TPSA) is 161 Å². The fraction of sp³-hybridized carbons (Fsp3) is 0. The molecule has 6 aromatic carbocycles. The van der Waals surface area contributed by atoms with Crippen molar-refractivity contribution in [2.75, 3.05) is 0 Å². The lowest BCUT2D eigenvalue weighted by molar-refractivity contribution is 0.0686. The molecule has 0 aliphatic carbocycles. The van der Waals surface area contributed by atoms with Crippen molar-refractivity contribution in [2.24, 2.45) is 0 Å². The van der Waals surface area contributed by atoms with E-state index in [0.717, 1.165) is 0 Å². The second kappa shape index (κ2) is 14.3. The number of hydrogen-bond acceptors (Lipinski definition) is 8. The Labute approximate surface area is 291 Å². The van der Waals surface area contributed by atoms with Gasteiger partial charge in [0.15, 0.2) is 11.6 Å². The maximum Gasteiger partial charge on any atom is 0.335 e. The molecule has 0 bridgehead atoms. The summed E-state index contributed by atoms with van der Waals surface area (Å²) >= 11 is 0. The van der Waals surface area contributed by atoms with E-state index in [-0.39, 0.29) is 43.6 Å². The molecule has 0 heterocycles. The molecule has 0 spiro atoms. The number of carboxylic acid groups (broad SMARTS) is 2. The number of rotatable bonds is 12. The molecule has 252 valence electrons. The molecule has 0 aliphatic heterocycles. The van der Waals surface area contributed by atoms with Crippen molar-refractivity contribution >= 4 is 33.3 Å². The highest BCUT2D eigenvalue weighted by Gasteiger charge is 2.20. The first-order valence-corrected chi connectivity index (χ1v) is 16.7. The third-order valence-electron chi connectivity index (χ3n) is 7.72. The molecule has 2 N–H and O–H groups in total. The van der Waals surface area contributed by atoms with Gasteiger partial charge in [0, 0.05) is 22.3 Å². The Morgan fingerprint density at radius 1 is 0.392 bits per heavy atom. The average molecular weight is 699 g/mol. The molecule has 0 radical (unpaired) electrons. The Balaban J connectivity index is 1.09. The van der Waals surface area contributed by atoms with Crippen LogP contribution >= 0.6 is 0 Å². The second-order valence-electron chi connectivity index (χ2n) is 11.1. The van der Waals surface area contributed by atoms with Crippen LogP contribution in [0.1, 0.15) is 52.6 Å². The largest absolute Gasteiger partial charge is 0.478 e. The van der Waals surface area contributed by atoms with Gasteiger partial charge in [0.2, 0.25) is 9.84 Å². The molecule has 11 heteroatoms. The summed E-state index contributed by atoms with van der Waals surface area (Å²) in [5.74, 6) is -1.39. The smallest absolute Gasteiger partial charge is 0.335 e. The molecule has 0 saturated carbocycles. The number of ketones is 2. The van der Waals surface area contributed by atoms with Crippen molar-refractivity contribution in [3.05, 3.63) is 179 Å². The number of hydrogen-bond donors (Lipinski definition) is 2. The van der Waals surface area contributed by atoms with E-state index in [1.54, 1.807) is 72.8 Å². The van der Waals surface area contributed by atoms with Crippen LogP contribution in [0.3, 0.4) is 0 Å². The molecular weight excluding hydrogens is 672 g/mol. The number of carbonyl (C=O) groups excluding carboxylic acids is 2. The van der Waals surface area contributed by atoms with Crippen molar-refractivity contribution in [1.82, 2.24) is 0 Å². The van der Waals surface area contributed by atoms with Crippen LogP contribution in [0.2, 0.25) is 0 Å². The van der Waals surface area contributed by atoms with Gasteiger partial charge in [-0.3, -0.25) is 9.59 Å². The van der Waals surface area contributed by atoms with E-state index in [0.29, 0.717) is 34.1 Å². The van der Waals surface area contributed by atoms with Crippen LogP contribution in [0.25, 0.3) is 0 Å². The van der Waals surface area contributed by atoms with Crippen LogP contribution in [0.4, 0.5) is 0 Å². The average Bonchev–Trinajstić information content (AvgIpc) is 3.15. The molecule has 51 heavy (non-hydrogen) atoms. The number of carbonyl (C=O) groups is 4. The van der Waals surface area contributed by atoms with Gasteiger partial charge in [-0.05, 0) is 133 Å². The number of carboxylic acids is 2. The zero-order valence-corrected chi connectivity index (χ0v) is 27.2. The summed E-state index contributed by atoms with van der Waals surface area (Å²) < 4.78 is 38.1. The van der Waals surface area contributed by atoms with Crippen molar-refractivity contribution in [2.45, 2.75) is 9.79 Å². The van der Waals surface area contributed by atoms with E-state index in [1.165, 1.54) is 72.8 Å². The zero-order chi connectivity index (χ0) is 36.1. The minimum Gasteiger partial charge on any atom is -0.478 e. The standard InChI is InChI=1S/C40H26O10S/c41-37(25-7-15-31(16-8-25)49-33-5-1-3-29(23-33)39(43)44)27-11-19-35(20-12-27)51(47,48)36-21-13-28(14-22-36)38(42)26-9-17-32(18-10-26)50-34-6-2-4-30(24-34)40(45)46/h1-24H,(H,43,44)(H,45,46). The van der Waals surface area contributed by atoms with E-state index in [1.807, 2.05) is 0 Å². The Morgan fingerprint density at radius 2 is 0.706 bits per heavy atom. The lowest BCUT2D eigenvalue weighted by Crippen LogP contribution is -2.06. The summed E-state index contributed by atoms with van der Waals surface area (Å²) in [4.78, 5) is 48.5. The summed E-state index contributed by atoms with van der Waals surface area (Å²) in [7, 11) is -3.97. The quantitative estimate of drug-likeness (QED) is 0.120. The Kier molecular flexibility index (Phi) is 9.56. The van der Waals surface area contributed by atoms with E-state index < -0.39 is 21.8 Å². The maximum atomic E-state index is 13.4. The SMILES string of the molecule is O=C(O)c1cccc(Oc2ccc(C(=O)c3ccc(S(=O)(=O)c4ccc(C(=O)c5ccc(Oc6cccc(C(=O)O)c6)cc5)cc4)cc3)cc2)c1. The molecule has 0 atom stereocenters. The van der Waals surface area contributed by atoms with Crippen LogP contribution in [0, 0.1) is 0 Å². The van der Waals surface area contributed by atoms with Crippen LogP contribution in [-0.2, 0) is 9.84 Å². The highest BCUT2D eigenvalue weighted by atomic mass is 32.2. The third kappa shape index (κ3) is 7.74. The maximum absolute atomic E-state index is 13.4. The second-order valence-corrected chi connectivity index (χ2v) is 13.1. The summed E-state index contributed by atoms with van der Waals surface area (Å²) in [5, 5.41) is 18.3. The van der Waals surface area contributed by atoms with Crippen LogP contribution in [-0.4, -0.2) is 42.1 Å². The van der Waals surface area contributed by atoms with E-state index in [2.05, 4.69) is 0 Å². The Morgan fingerprint density at radius 3 is 1.02 bits per heavy atom. The van der Waals surface area contributed by atoms with Gasteiger partial charge >= 0.3 is 11.9 Å². The van der Waals surface area contributed by atoms with Crippen LogP contribution in [0.15, 0.2) is 155 Å². The fourth-order valence-electron chi connectivity index (χ4n) is 5.05. The van der Waals surface area contributed by atoms with Gasteiger partial charge in [0.25, 0.3) is 0 Å². The Bertz CT molecular complexity index is 2220. The highest BCUT2D eigenvalue weighted by Crippen LogP contribution is 2.27. The summed E-state index contributed by atoms with van der Waals surface area (Å²) in [6, 6.07) is 35.6. The van der Waals surface area contributed by atoms with Crippen molar-refractivity contribution in [3.8, 4) is 23.0 Å². The van der Waals surface area contributed by atoms with Crippen molar-refractivity contribution < 1.29 is 47.3 Å². The molecule has 0 fully saturated rings. The molecule has 6 rings (SSSR count).